The zero-order chi connectivity index (χ0) is 8.32. The Balaban J connectivity index is 0. The first-order valence-electron chi connectivity index (χ1n) is 3.12. The molecule has 1 aromatic rings. The Morgan fingerprint density at radius 2 is 1.75 bits per heavy atom. The van der Waals surface area contributed by atoms with Gasteiger partial charge in [0.05, 0.1) is 5.75 Å². The van der Waals surface area contributed by atoms with Crippen LogP contribution in [0.1, 0.15) is 6.99 Å². The van der Waals surface area contributed by atoms with Crippen LogP contribution in [0.25, 0.3) is 0 Å². The van der Waals surface area contributed by atoms with Crippen LogP contribution >= 0.6 is 0 Å². The zero-order valence-corrected chi connectivity index (χ0v) is 9.71. The third-order valence-electron chi connectivity index (χ3n) is 1.21. The standard InChI is InChI=1S/C7H9NO2S.Na.H/c8-11(9,10)6-7-4-2-1-3-5-7;;/h1-5H,6H2,(H2,8,9,10);;/q;+1;-1. The number of hydrogen-bond donors (Lipinski definition) is 1. The monoisotopic (exact) mass is 195 g/mol. The molecular weight excluding hydrogens is 185 g/mol. The van der Waals surface area contributed by atoms with Gasteiger partial charge >= 0.3 is 29.6 Å². The summed E-state index contributed by atoms with van der Waals surface area (Å²) in [4.78, 5) is 0. The summed E-state index contributed by atoms with van der Waals surface area (Å²) in [6.45, 7) is 0. The fourth-order valence-electron chi connectivity index (χ4n) is 0.807. The second-order valence-corrected chi connectivity index (χ2v) is 3.91. The number of sulfonamides is 1. The van der Waals surface area contributed by atoms with Crippen molar-refractivity contribution in [1.29, 1.82) is 0 Å². The predicted octanol–water partition coefficient (Wildman–Crippen LogP) is -2.41. The van der Waals surface area contributed by atoms with Crippen molar-refractivity contribution >= 4 is 10.0 Å². The Bertz CT molecular complexity index is 328. The van der Waals surface area contributed by atoms with Crippen molar-refractivity contribution in [3.05, 3.63) is 35.9 Å². The first-order valence-corrected chi connectivity index (χ1v) is 4.84. The molecule has 2 N–H and O–H groups in total. The minimum Gasteiger partial charge on any atom is -1.00 e. The molecule has 12 heavy (non-hydrogen) atoms. The van der Waals surface area contributed by atoms with Crippen LogP contribution in [0.3, 0.4) is 0 Å². The molecule has 0 spiro atoms. The largest absolute Gasteiger partial charge is 1.00 e. The van der Waals surface area contributed by atoms with E-state index in [1.54, 1.807) is 24.3 Å². The summed E-state index contributed by atoms with van der Waals surface area (Å²) in [6, 6.07) is 8.84. The normalized spacial score (nSPS) is 10.4. The van der Waals surface area contributed by atoms with Gasteiger partial charge in [0.15, 0.2) is 0 Å². The van der Waals surface area contributed by atoms with Crippen molar-refractivity contribution in [2.24, 2.45) is 5.14 Å². The topological polar surface area (TPSA) is 60.2 Å². The van der Waals surface area contributed by atoms with Crippen LogP contribution in [-0.4, -0.2) is 8.42 Å². The van der Waals surface area contributed by atoms with E-state index in [0.29, 0.717) is 0 Å². The van der Waals surface area contributed by atoms with Crippen molar-refractivity contribution in [3.63, 3.8) is 0 Å². The van der Waals surface area contributed by atoms with Crippen LogP contribution in [0, 0.1) is 0 Å². The summed E-state index contributed by atoms with van der Waals surface area (Å²) >= 11 is 0. The molecule has 0 aliphatic heterocycles. The Hall–Kier alpha value is 0.130. The maximum atomic E-state index is 10.6. The van der Waals surface area contributed by atoms with Gasteiger partial charge in [0, 0.05) is 0 Å². The maximum Gasteiger partial charge on any atom is 1.00 e. The van der Waals surface area contributed by atoms with Crippen molar-refractivity contribution < 1.29 is 39.4 Å². The number of primary sulfonamides is 1. The molecule has 3 nitrogen and oxygen atoms in total. The molecule has 0 bridgehead atoms. The zero-order valence-electron chi connectivity index (χ0n) is 7.90. The molecule has 0 saturated carbocycles. The molecule has 0 aliphatic carbocycles. The summed E-state index contributed by atoms with van der Waals surface area (Å²) in [5.41, 5.74) is 0.718. The SMILES string of the molecule is NS(=O)(=O)Cc1ccccc1.[H-].[Na+]. The molecule has 0 saturated heterocycles. The number of rotatable bonds is 2. The molecule has 0 amide bonds. The van der Waals surface area contributed by atoms with Gasteiger partial charge in [-0.25, -0.2) is 13.6 Å². The van der Waals surface area contributed by atoms with E-state index >= 15 is 0 Å². The molecular formula is C7H10NNaO2S. The number of benzene rings is 1. The van der Waals surface area contributed by atoms with Crippen LogP contribution < -0.4 is 34.7 Å². The van der Waals surface area contributed by atoms with E-state index in [2.05, 4.69) is 0 Å². The van der Waals surface area contributed by atoms with Gasteiger partial charge in [-0.3, -0.25) is 0 Å². The van der Waals surface area contributed by atoms with E-state index in [-0.39, 0.29) is 36.7 Å². The Morgan fingerprint density at radius 1 is 1.25 bits per heavy atom. The second kappa shape index (κ2) is 4.99. The van der Waals surface area contributed by atoms with Gasteiger partial charge in [0.2, 0.25) is 10.0 Å². The minimum atomic E-state index is -3.38. The second-order valence-electron chi connectivity index (χ2n) is 2.29. The van der Waals surface area contributed by atoms with Gasteiger partial charge in [-0.05, 0) is 5.56 Å². The molecule has 0 atom stereocenters. The molecule has 0 radical (unpaired) electrons. The fraction of sp³-hybridized carbons (Fsp3) is 0.143. The van der Waals surface area contributed by atoms with Gasteiger partial charge < -0.3 is 1.43 Å². The van der Waals surface area contributed by atoms with E-state index in [1.165, 1.54) is 0 Å². The quantitative estimate of drug-likeness (QED) is 0.534. The molecule has 0 aliphatic rings. The van der Waals surface area contributed by atoms with E-state index < -0.39 is 10.0 Å². The molecule has 0 aromatic heterocycles. The molecule has 0 unspecified atom stereocenters. The van der Waals surface area contributed by atoms with Gasteiger partial charge in [0.25, 0.3) is 0 Å². The Morgan fingerprint density at radius 3 is 2.17 bits per heavy atom. The van der Waals surface area contributed by atoms with E-state index in [0.717, 1.165) is 5.56 Å². The molecule has 0 heterocycles. The molecule has 0 fully saturated rings. The van der Waals surface area contributed by atoms with Crippen molar-refractivity contribution in [2.45, 2.75) is 5.75 Å². The van der Waals surface area contributed by atoms with Gasteiger partial charge in [0.1, 0.15) is 0 Å². The number of nitrogens with two attached hydrogens (primary N) is 1. The molecule has 1 rings (SSSR count). The summed E-state index contributed by atoms with van der Waals surface area (Å²) in [6.07, 6.45) is 0. The van der Waals surface area contributed by atoms with Crippen LogP contribution in [0.4, 0.5) is 0 Å². The fourth-order valence-corrected chi connectivity index (χ4v) is 1.46. The third kappa shape index (κ3) is 4.90. The van der Waals surface area contributed by atoms with Gasteiger partial charge in [-0.1, -0.05) is 30.3 Å². The smallest absolute Gasteiger partial charge is 1.00 e. The molecule has 1 aromatic carbocycles. The van der Waals surface area contributed by atoms with Crippen LogP contribution in [0.2, 0.25) is 0 Å². The average molecular weight is 195 g/mol. The summed E-state index contributed by atoms with van der Waals surface area (Å²) in [5.74, 6) is -0.0894. The van der Waals surface area contributed by atoms with Crippen molar-refractivity contribution in [2.75, 3.05) is 0 Å². The van der Waals surface area contributed by atoms with E-state index in [9.17, 15) is 8.42 Å². The number of hydrogen-bond acceptors (Lipinski definition) is 2. The van der Waals surface area contributed by atoms with Crippen LogP contribution in [0.15, 0.2) is 30.3 Å². The summed E-state index contributed by atoms with van der Waals surface area (Å²) in [7, 11) is -3.38. The van der Waals surface area contributed by atoms with E-state index in [1.807, 2.05) is 6.07 Å². The summed E-state index contributed by atoms with van der Waals surface area (Å²) < 4.78 is 21.2. The third-order valence-corrected chi connectivity index (χ3v) is 1.95. The molecule has 5 heteroatoms. The Labute approximate surface area is 95.8 Å². The summed E-state index contributed by atoms with van der Waals surface area (Å²) in [5, 5.41) is 4.84. The average Bonchev–Trinajstić information content (AvgIpc) is 1.85. The molecule has 62 valence electrons. The van der Waals surface area contributed by atoms with Crippen LogP contribution in [-0.2, 0) is 15.8 Å². The maximum absolute atomic E-state index is 10.6. The van der Waals surface area contributed by atoms with Crippen molar-refractivity contribution in [3.8, 4) is 0 Å². The van der Waals surface area contributed by atoms with Crippen LogP contribution in [0.5, 0.6) is 0 Å². The van der Waals surface area contributed by atoms with E-state index in [4.69, 9.17) is 5.14 Å². The van der Waals surface area contributed by atoms with Crippen molar-refractivity contribution in [1.82, 2.24) is 0 Å². The first-order chi connectivity index (χ1) is 5.08. The van der Waals surface area contributed by atoms with Gasteiger partial charge in [-0.15, -0.1) is 0 Å². The Kier molecular flexibility index (Phi) is 5.04. The minimum absolute atomic E-state index is 0. The first kappa shape index (κ1) is 12.1. The predicted molar refractivity (Wildman–Crippen MR) is 44.4 cm³/mol. The van der Waals surface area contributed by atoms with Gasteiger partial charge in [-0.2, -0.15) is 0 Å².